The van der Waals surface area contributed by atoms with Gasteiger partial charge in [-0.25, -0.2) is 9.78 Å². The fraction of sp³-hybridized carbons (Fsp3) is 0.176. The quantitative estimate of drug-likeness (QED) is 0.263. The second-order valence-corrected chi connectivity index (χ2v) is 4.85. The fourth-order valence-corrected chi connectivity index (χ4v) is 1.84. The van der Waals surface area contributed by atoms with Crippen LogP contribution in [-0.4, -0.2) is 29.0 Å². The first-order valence-electron chi connectivity index (χ1n) is 7.39. The molecule has 0 amide bonds. The average molecular weight is 327 g/mol. The van der Waals surface area contributed by atoms with Crippen molar-refractivity contribution in [2.75, 3.05) is 18.5 Å². The van der Waals surface area contributed by atoms with E-state index in [0.717, 1.165) is 5.56 Å². The Morgan fingerprint density at radius 2 is 2.04 bits per heavy atom. The zero-order valence-corrected chi connectivity index (χ0v) is 12.9. The molecule has 0 aliphatic carbocycles. The first kappa shape index (κ1) is 17.1. The van der Waals surface area contributed by atoms with E-state index < -0.39 is 10.9 Å². The summed E-state index contributed by atoms with van der Waals surface area (Å²) in [6.45, 7) is 0.818. The van der Waals surface area contributed by atoms with E-state index in [1.54, 1.807) is 6.08 Å². The molecule has 2 rings (SSSR count). The van der Waals surface area contributed by atoms with Crippen LogP contribution in [0.25, 0.3) is 6.08 Å². The van der Waals surface area contributed by atoms with Gasteiger partial charge in [0.05, 0.1) is 11.5 Å². The third kappa shape index (κ3) is 5.88. The van der Waals surface area contributed by atoms with Gasteiger partial charge < -0.3 is 10.1 Å². The van der Waals surface area contributed by atoms with Gasteiger partial charge in [0.1, 0.15) is 12.0 Å². The van der Waals surface area contributed by atoms with Crippen LogP contribution in [0.5, 0.6) is 0 Å². The van der Waals surface area contributed by atoms with Crippen LogP contribution in [0.1, 0.15) is 12.0 Å². The molecule has 1 N–H and O–H groups in total. The predicted molar refractivity (Wildman–Crippen MR) is 90.4 cm³/mol. The van der Waals surface area contributed by atoms with Gasteiger partial charge in [0.25, 0.3) is 5.69 Å². The third-order valence-electron chi connectivity index (χ3n) is 3.04. The fourth-order valence-electron chi connectivity index (χ4n) is 1.84. The van der Waals surface area contributed by atoms with Gasteiger partial charge in [0.15, 0.2) is 0 Å². The molecule has 24 heavy (non-hydrogen) atoms. The van der Waals surface area contributed by atoms with Gasteiger partial charge in [-0.2, -0.15) is 0 Å². The summed E-state index contributed by atoms with van der Waals surface area (Å²) in [6.07, 6.45) is 4.88. The zero-order valence-electron chi connectivity index (χ0n) is 12.9. The number of aromatic nitrogens is 1. The van der Waals surface area contributed by atoms with E-state index in [1.807, 2.05) is 30.3 Å². The van der Waals surface area contributed by atoms with Crippen molar-refractivity contribution >= 4 is 23.6 Å². The Bertz CT molecular complexity index is 700. The number of carbonyl (C=O) groups is 1. The molecule has 0 radical (unpaired) electrons. The smallest absolute Gasteiger partial charge is 0.330 e. The molecular formula is C17H17N3O4. The van der Waals surface area contributed by atoms with Crippen LogP contribution < -0.4 is 5.32 Å². The molecule has 0 bridgehead atoms. The summed E-state index contributed by atoms with van der Waals surface area (Å²) in [7, 11) is 0. The van der Waals surface area contributed by atoms with Crippen molar-refractivity contribution < 1.29 is 14.5 Å². The first-order valence-corrected chi connectivity index (χ1v) is 7.39. The van der Waals surface area contributed by atoms with Gasteiger partial charge in [-0.3, -0.25) is 10.1 Å². The van der Waals surface area contributed by atoms with Crippen LogP contribution in [0.3, 0.4) is 0 Å². The summed E-state index contributed by atoms with van der Waals surface area (Å²) >= 11 is 0. The minimum Gasteiger partial charge on any atom is -0.462 e. The number of hydrogen-bond donors (Lipinski definition) is 1. The molecule has 1 aromatic carbocycles. The number of nitro groups is 1. The molecule has 0 saturated carbocycles. The molecule has 0 spiro atoms. The summed E-state index contributed by atoms with van der Waals surface area (Å²) in [6, 6.07) is 12.4. The highest BCUT2D eigenvalue weighted by atomic mass is 16.6. The van der Waals surface area contributed by atoms with Gasteiger partial charge in [-0.15, -0.1) is 0 Å². The topological polar surface area (TPSA) is 94.4 Å². The van der Waals surface area contributed by atoms with Crippen molar-refractivity contribution in [2.45, 2.75) is 6.42 Å². The Morgan fingerprint density at radius 3 is 2.71 bits per heavy atom. The first-order chi connectivity index (χ1) is 11.6. The van der Waals surface area contributed by atoms with E-state index in [0.29, 0.717) is 18.8 Å². The number of pyridine rings is 1. The number of esters is 1. The van der Waals surface area contributed by atoms with Crippen molar-refractivity contribution in [1.82, 2.24) is 4.98 Å². The van der Waals surface area contributed by atoms with Gasteiger partial charge >= 0.3 is 5.97 Å². The minimum atomic E-state index is -0.501. The maximum absolute atomic E-state index is 11.5. The van der Waals surface area contributed by atoms with Crippen LogP contribution in [0.4, 0.5) is 11.5 Å². The second-order valence-electron chi connectivity index (χ2n) is 4.85. The minimum absolute atomic E-state index is 0.0558. The van der Waals surface area contributed by atoms with E-state index in [9.17, 15) is 14.9 Å². The van der Waals surface area contributed by atoms with Crippen molar-refractivity contribution in [3.05, 3.63) is 70.4 Å². The summed E-state index contributed by atoms with van der Waals surface area (Å²) in [5.74, 6) is 0.142. The van der Waals surface area contributed by atoms with E-state index in [4.69, 9.17) is 4.74 Å². The SMILES string of the molecule is O=C(/C=C/c1ccccc1)OCCCNc1ccc([N+](=O)[O-])cn1. The Balaban J connectivity index is 1.63. The number of carbonyl (C=O) groups excluding carboxylic acids is 1. The number of hydrogen-bond acceptors (Lipinski definition) is 6. The highest BCUT2D eigenvalue weighted by Gasteiger charge is 2.04. The molecule has 0 unspecified atom stereocenters. The molecule has 7 heteroatoms. The van der Waals surface area contributed by atoms with Crippen LogP contribution in [0.2, 0.25) is 0 Å². The number of nitrogens with one attached hydrogen (secondary N) is 1. The lowest BCUT2D eigenvalue weighted by Gasteiger charge is -2.05. The Kier molecular flexibility index (Phi) is 6.46. The normalized spacial score (nSPS) is 10.5. The Hall–Kier alpha value is -3.22. The van der Waals surface area contributed by atoms with Crippen molar-refractivity contribution in [1.29, 1.82) is 0 Å². The zero-order chi connectivity index (χ0) is 17.2. The molecule has 0 aliphatic heterocycles. The summed E-state index contributed by atoms with van der Waals surface area (Å²) in [5, 5.41) is 13.5. The van der Waals surface area contributed by atoms with E-state index in [1.165, 1.54) is 24.4 Å². The van der Waals surface area contributed by atoms with Crippen LogP contribution in [0.15, 0.2) is 54.7 Å². The van der Waals surface area contributed by atoms with Gasteiger partial charge in [0, 0.05) is 18.7 Å². The summed E-state index contributed by atoms with van der Waals surface area (Å²) < 4.78 is 5.08. The van der Waals surface area contributed by atoms with Gasteiger partial charge in [-0.1, -0.05) is 30.3 Å². The lowest BCUT2D eigenvalue weighted by Crippen LogP contribution is -2.09. The predicted octanol–water partition coefficient (Wildman–Crippen LogP) is 3.05. The molecule has 2 aromatic rings. The molecule has 1 aromatic heterocycles. The van der Waals surface area contributed by atoms with Crippen molar-refractivity contribution in [3.63, 3.8) is 0 Å². The summed E-state index contributed by atoms with van der Waals surface area (Å²) in [5.41, 5.74) is 0.875. The number of nitrogens with zero attached hydrogens (tertiary/aromatic N) is 2. The molecule has 0 fully saturated rings. The monoisotopic (exact) mass is 327 g/mol. The van der Waals surface area contributed by atoms with Crippen molar-refractivity contribution in [3.8, 4) is 0 Å². The maximum atomic E-state index is 11.5. The third-order valence-corrected chi connectivity index (χ3v) is 3.04. The van der Waals surface area contributed by atoms with Crippen LogP contribution in [-0.2, 0) is 9.53 Å². The number of rotatable bonds is 8. The Morgan fingerprint density at radius 1 is 1.25 bits per heavy atom. The Labute approximate surface area is 139 Å². The van der Waals surface area contributed by atoms with Crippen molar-refractivity contribution in [2.24, 2.45) is 0 Å². The molecular weight excluding hydrogens is 310 g/mol. The molecule has 124 valence electrons. The largest absolute Gasteiger partial charge is 0.462 e. The van der Waals surface area contributed by atoms with Crippen LogP contribution in [0, 0.1) is 10.1 Å². The molecule has 0 atom stereocenters. The van der Waals surface area contributed by atoms with E-state index >= 15 is 0 Å². The average Bonchev–Trinajstić information content (AvgIpc) is 2.61. The molecule has 0 aliphatic rings. The summed E-state index contributed by atoms with van der Waals surface area (Å²) in [4.78, 5) is 25.5. The van der Waals surface area contributed by atoms with E-state index in [2.05, 4.69) is 10.3 Å². The van der Waals surface area contributed by atoms with Gasteiger partial charge in [0.2, 0.25) is 0 Å². The number of anilines is 1. The highest BCUT2D eigenvalue weighted by Crippen LogP contribution is 2.11. The molecule has 7 nitrogen and oxygen atoms in total. The van der Waals surface area contributed by atoms with Gasteiger partial charge in [-0.05, 0) is 24.1 Å². The second kappa shape index (κ2) is 9.04. The maximum Gasteiger partial charge on any atom is 0.330 e. The number of ether oxygens (including phenoxy) is 1. The molecule has 1 heterocycles. The van der Waals surface area contributed by atoms with Crippen LogP contribution >= 0.6 is 0 Å². The standard InChI is InChI=1S/C17H17N3O4/c21-17(10-7-14-5-2-1-3-6-14)24-12-4-11-18-16-9-8-15(13-19-16)20(22)23/h1-3,5-10,13H,4,11-12H2,(H,18,19)/b10-7+. The number of benzene rings is 1. The highest BCUT2D eigenvalue weighted by molar-refractivity contribution is 5.86. The van der Waals surface area contributed by atoms with E-state index in [-0.39, 0.29) is 12.3 Å². The lowest BCUT2D eigenvalue weighted by molar-refractivity contribution is -0.385. The lowest BCUT2D eigenvalue weighted by atomic mass is 10.2. The molecule has 0 saturated heterocycles.